The molecule has 220 valence electrons. The van der Waals surface area contributed by atoms with Crippen molar-refractivity contribution in [3.8, 4) is 5.75 Å². The van der Waals surface area contributed by atoms with Crippen molar-refractivity contribution in [1.82, 2.24) is 9.80 Å². The molecule has 0 heterocycles. The number of aliphatic hydroxyl groups is 3. The minimum Gasteiger partial charge on any atom is -0.507 e. The summed E-state index contributed by atoms with van der Waals surface area (Å²) in [5.41, 5.74) is 4.43. The number of carbonyl (C=O) groups excluding carboxylic acids is 3. The van der Waals surface area contributed by atoms with Gasteiger partial charge in [0.05, 0.1) is 11.7 Å². The van der Waals surface area contributed by atoms with E-state index in [2.05, 4.69) is 32.6 Å². The number of amides is 1. The summed E-state index contributed by atoms with van der Waals surface area (Å²) in [6.07, 6.45) is -1.10. The summed E-state index contributed by atoms with van der Waals surface area (Å²) < 4.78 is 0. The van der Waals surface area contributed by atoms with E-state index in [0.29, 0.717) is 24.8 Å². The van der Waals surface area contributed by atoms with Crippen LogP contribution in [0.3, 0.4) is 0 Å². The van der Waals surface area contributed by atoms with Gasteiger partial charge in [-0.05, 0) is 61.9 Å². The highest BCUT2D eigenvalue weighted by Gasteiger charge is 2.67. The molecule has 3 aliphatic carbocycles. The summed E-state index contributed by atoms with van der Waals surface area (Å²) in [5, 5.41) is 45.0. The highest BCUT2D eigenvalue weighted by atomic mass is 16.3. The third kappa shape index (κ3) is 4.85. The zero-order valence-electron chi connectivity index (χ0n) is 24.2. The zero-order valence-corrected chi connectivity index (χ0v) is 24.2. The van der Waals surface area contributed by atoms with Crippen molar-refractivity contribution >= 4 is 23.2 Å². The molecule has 0 aliphatic heterocycles. The molecule has 6 atom stereocenters. The third-order valence-electron chi connectivity index (χ3n) is 8.71. The number of fused-ring (bicyclic) bond motifs is 3. The number of likely N-dealkylation sites (N-methyl/N-ethyl adjacent to an activating group) is 1. The normalized spacial score (nSPS) is 30.2. The lowest BCUT2D eigenvalue weighted by molar-refractivity contribution is -0.184. The summed E-state index contributed by atoms with van der Waals surface area (Å²) in [6, 6.07) is 2.42. The molecule has 0 bridgehead atoms. The average molecular weight is 558 g/mol. The molecule has 0 saturated heterocycles. The summed E-state index contributed by atoms with van der Waals surface area (Å²) in [4.78, 5) is 43.5. The Balaban J connectivity index is 1.83. The van der Waals surface area contributed by atoms with Crippen molar-refractivity contribution in [2.45, 2.75) is 64.8 Å². The van der Waals surface area contributed by atoms with E-state index in [1.807, 2.05) is 6.07 Å². The van der Waals surface area contributed by atoms with E-state index in [9.17, 15) is 34.8 Å². The quantitative estimate of drug-likeness (QED) is 0.296. The maximum atomic E-state index is 14.0. The molecular weight excluding hydrogens is 514 g/mol. The van der Waals surface area contributed by atoms with E-state index in [1.165, 1.54) is 6.07 Å². The van der Waals surface area contributed by atoms with Crippen molar-refractivity contribution in [2.24, 2.45) is 35.3 Å². The molecule has 0 aromatic heterocycles. The van der Waals surface area contributed by atoms with E-state index in [0.717, 1.165) is 24.2 Å². The number of phenols is 1. The van der Waals surface area contributed by atoms with Crippen LogP contribution in [0.1, 0.15) is 50.8 Å². The third-order valence-corrected chi connectivity index (χ3v) is 8.71. The standard InChI is InChI=1S/C30H43N3O7/c1-14(2)11-33(12-15(3)4)13-16-7-8-20(34)22-18(16)9-17-10-19-24(32(5)6)26(36)23(29(31)39)28(38)30(19,40)27(37)21(17)25(22)35/h7-8,14-15,17,19,23-24,26,34-36,40H,9-13H2,1-6H3,(H2,31,39)/t17-,19-,23?,24?,26?,30-/m1/s1. The monoisotopic (exact) mass is 557 g/mol. The molecule has 10 heteroatoms. The van der Waals surface area contributed by atoms with Crippen LogP contribution in [0.25, 0.3) is 5.76 Å². The minimum atomic E-state index is -2.65. The number of Topliss-reactive ketones (excluding diaryl/α,β-unsaturated/α-hetero) is 2. The van der Waals surface area contributed by atoms with Crippen LogP contribution in [0.2, 0.25) is 0 Å². The molecule has 1 amide bonds. The predicted octanol–water partition coefficient (Wildman–Crippen LogP) is 1.24. The van der Waals surface area contributed by atoms with Gasteiger partial charge in [0.15, 0.2) is 11.4 Å². The fraction of sp³-hybridized carbons (Fsp3) is 0.633. The molecule has 10 nitrogen and oxygen atoms in total. The van der Waals surface area contributed by atoms with E-state index < -0.39 is 58.7 Å². The number of benzene rings is 1. The van der Waals surface area contributed by atoms with Crippen LogP contribution in [0.5, 0.6) is 5.75 Å². The number of aliphatic hydroxyl groups excluding tert-OH is 2. The van der Waals surface area contributed by atoms with Crippen LogP contribution in [0.15, 0.2) is 17.7 Å². The van der Waals surface area contributed by atoms with Gasteiger partial charge in [-0.2, -0.15) is 0 Å². The first-order valence-electron chi connectivity index (χ1n) is 14.1. The van der Waals surface area contributed by atoms with Crippen molar-refractivity contribution < 1.29 is 34.8 Å². The Morgan fingerprint density at radius 1 is 1.10 bits per heavy atom. The zero-order chi connectivity index (χ0) is 29.8. The smallest absolute Gasteiger partial charge is 0.230 e. The van der Waals surface area contributed by atoms with Gasteiger partial charge < -0.3 is 31.1 Å². The Bertz CT molecular complexity index is 1230. The van der Waals surface area contributed by atoms with Crippen LogP contribution >= 0.6 is 0 Å². The van der Waals surface area contributed by atoms with Crippen molar-refractivity contribution in [3.05, 3.63) is 34.4 Å². The van der Waals surface area contributed by atoms with Gasteiger partial charge >= 0.3 is 0 Å². The highest BCUT2D eigenvalue weighted by Crippen LogP contribution is 2.52. The lowest BCUT2D eigenvalue weighted by Crippen LogP contribution is -2.73. The fourth-order valence-corrected chi connectivity index (χ4v) is 7.29. The Morgan fingerprint density at radius 2 is 1.70 bits per heavy atom. The largest absolute Gasteiger partial charge is 0.507 e. The second-order valence-corrected chi connectivity index (χ2v) is 12.9. The van der Waals surface area contributed by atoms with E-state index in [1.54, 1.807) is 19.0 Å². The number of hydrogen-bond donors (Lipinski definition) is 5. The summed E-state index contributed by atoms with van der Waals surface area (Å²) in [5.74, 6) is -6.46. The summed E-state index contributed by atoms with van der Waals surface area (Å²) >= 11 is 0. The van der Waals surface area contributed by atoms with E-state index >= 15 is 0 Å². The maximum absolute atomic E-state index is 14.0. The van der Waals surface area contributed by atoms with Gasteiger partial charge in [-0.1, -0.05) is 33.8 Å². The van der Waals surface area contributed by atoms with Crippen molar-refractivity contribution in [1.29, 1.82) is 0 Å². The molecule has 2 saturated carbocycles. The topological polar surface area (TPSA) is 165 Å². The first-order chi connectivity index (χ1) is 18.6. The second kappa shape index (κ2) is 10.9. The molecule has 2 fully saturated rings. The Kier molecular flexibility index (Phi) is 8.21. The number of nitrogens with two attached hydrogens (primary N) is 1. The molecule has 1 aromatic rings. The fourth-order valence-electron chi connectivity index (χ4n) is 7.29. The number of primary amides is 1. The van der Waals surface area contributed by atoms with Gasteiger partial charge in [0.2, 0.25) is 11.7 Å². The summed E-state index contributed by atoms with van der Waals surface area (Å²) in [6.45, 7) is 10.9. The SMILES string of the molecule is CC(C)CN(Cc1ccc(O)c2c1C[C@@H]1C[C@@H]3C(N(C)C)C(O)C(C(N)=O)C(=O)[C@]3(O)C(=O)C1=C2O)CC(C)C. The minimum absolute atomic E-state index is 0.106. The number of hydrogen-bond acceptors (Lipinski definition) is 9. The molecular formula is C30H43N3O7. The van der Waals surface area contributed by atoms with Gasteiger partial charge in [0.25, 0.3) is 0 Å². The Hall–Kier alpha value is -2.79. The van der Waals surface area contributed by atoms with Crippen LogP contribution in [0, 0.1) is 29.6 Å². The maximum Gasteiger partial charge on any atom is 0.230 e. The van der Waals surface area contributed by atoms with Crippen LogP contribution in [0.4, 0.5) is 0 Å². The van der Waals surface area contributed by atoms with Crippen LogP contribution in [-0.4, -0.2) is 92.6 Å². The molecule has 6 N–H and O–H groups in total. The molecule has 0 spiro atoms. The number of nitrogens with zero attached hydrogens (tertiary/aromatic N) is 2. The lowest BCUT2D eigenvalue weighted by atomic mass is 9.54. The van der Waals surface area contributed by atoms with Crippen molar-refractivity contribution in [2.75, 3.05) is 27.2 Å². The Morgan fingerprint density at radius 3 is 2.23 bits per heavy atom. The van der Waals surface area contributed by atoms with E-state index in [4.69, 9.17) is 5.73 Å². The van der Waals surface area contributed by atoms with Gasteiger partial charge in [0, 0.05) is 37.2 Å². The van der Waals surface area contributed by atoms with Crippen molar-refractivity contribution in [3.63, 3.8) is 0 Å². The number of ketones is 2. The van der Waals surface area contributed by atoms with Gasteiger partial charge in [-0.3, -0.25) is 19.3 Å². The second-order valence-electron chi connectivity index (χ2n) is 12.9. The number of rotatable bonds is 8. The first-order valence-corrected chi connectivity index (χ1v) is 14.1. The average Bonchev–Trinajstić information content (AvgIpc) is 2.81. The number of aromatic hydroxyl groups is 1. The molecule has 4 rings (SSSR count). The Labute approximate surface area is 235 Å². The first kappa shape index (κ1) is 30.2. The number of carbonyl (C=O) groups is 3. The molecule has 0 radical (unpaired) electrons. The molecule has 3 aliphatic rings. The van der Waals surface area contributed by atoms with Gasteiger partial charge in [-0.15, -0.1) is 0 Å². The summed E-state index contributed by atoms with van der Waals surface area (Å²) in [7, 11) is 3.28. The van der Waals surface area contributed by atoms with Crippen LogP contribution in [-0.2, 0) is 27.3 Å². The highest BCUT2D eigenvalue weighted by molar-refractivity contribution is 6.25. The van der Waals surface area contributed by atoms with Gasteiger partial charge in [-0.25, -0.2) is 0 Å². The number of phenolic OH excluding ortho intramolecular Hbond substituents is 1. The molecule has 1 aromatic carbocycles. The predicted molar refractivity (Wildman–Crippen MR) is 149 cm³/mol. The molecule has 40 heavy (non-hydrogen) atoms. The lowest BCUT2D eigenvalue weighted by Gasteiger charge is -2.53. The van der Waals surface area contributed by atoms with Gasteiger partial charge in [0.1, 0.15) is 17.4 Å². The van der Waals surface area contributed by atoms with Crippen LogP contribution < -0.4 is 5.73 Å². The molecule has 3 unspecified atom stereocenters. The van der Waals surface area contributed by atoms with E-state index in [-0.39, 0.29) is 23.3 Å².